The van der Waals surface area contributed by atoms with Gasteiger partial charge in [-0.15, -0.1) is 12.4 Å². The lowest BCUT2D eigenvalue weighted by atomic mass is 9.85. The molecule has 1 aliphatic carbocycles. The molecule has 132 valence electrons. The van der Waals surface area contributed by atoms with Crippen molar-refractivity contribution >= 4 is 32.3 Å². The van der Waals surface area contributed by atoms with E-state index in [9.17, 15) is 16.8 Å². The molecule has 0 spiro atoms. The maximum absolute atomic E-state index is 12.4. The van der Waals surface area contributed by atoms with Gasteiger partial charge in [0.05, 0.1) is 0 Å². The SMILES string of the molecule is CS(=O)(=O)c1ccc(S(=O)(=O)NC2CCCCC2CN)cn1.Cl. The van der Waals surface area contributed by atoms with Gasteiger partial charge < -0.3 is 5.73 Å². The molecule has 0 amide bonds. The van der Waals surface area contributed by atoms with Gasteiger partial charge in [-0.2, -0.15) is 0 Å². The molecule has 0 aliphatic heterocycles. The van der Waals surface area contributed by atoms with Gasteiger partial charge in [0, 0.05) is 18.5 Å². The number of aromatic nitrogens is 1. The first-order valence-electron chi connectivity index (χ1n) is 7.12. The molecule has 1 heterocycles. The second-order valence-corrected chi connectivity index (χ2v) is 9.29. The molecule has 1 fully saturated rings. The Morgan fingerprint density at radius 2 is 1.87 bits per heavy atom. The van der Waals surface area contributed by atoms with E-state index in [1.54, 1.807) is 0 Å². The minimum atomic E-state index is -3.73. The zero-order valence-corrected chi connectivity index (χ0v) is 15.3. The monoisotopic (exact) mass is 383 g/mol. The van der Waals surface area contributed by atoms with Crippen molar-refractivity contribution in [2.75, 3.05) is 12.8 Å². The molecule has 0 saturated heterocycles. The van der Waals surface area contributed by atoms with Crippen molar-refractivity contribution in [3.8, 4) is 0 Å². The second-order valence-electron chi connectivity index (χ2n) is 5.61. The van der Waals surface area contributed by atoms with Crippen molar-refractivity contribution in [2.45, 2.75) is 41.6 Å². The summed E-state index contributed by atoms with van der Waals surface area (Å²) >= 11 is 0. The number of nitrogens with two attached hydrogens (primary N) is 1. The van der Waals surface area contributed by atoms with E-state index >= 15 is 0 Å². The van der Waals surface area contributed by atoms with Crippen LogP contribution in [0.3, 0.4) is 0 Å². The summed E-state index contributed by atoms with van der Waals surface area (Å²) in [4.78, 5) is 3.68. The van der Waals surface area contributed by atoms with Gasteiger partial charge in [0.15, 0.2) is 14.9 Å². The number of rotatable bonds is 5. The fraction of sp³-hybridized carbons (Fsp3) is 0.615. The summed E-state index contributed by atoms with van der Waals surface area (Å²) < 4.78 is 50.1. The number of nitrogens with one attached hydrogen (secondary N) is 1. The standard InChI is InChI=1S/C13H21N3O4S2.ClH/c1-21(17,18)13-7-6-11(9-15-13)22(19,20)16-12-5-3-2-4-10(12)8-14;/h6-7,9-10,12,16H,2-5,8,14H2,1H3;1H. The minimum Gasteiger partial charge on any atom is -0.330 e. The van der Waals surface area contributed by atoms with Crippen LogP contribution in [-0.2, 0) is 19.9 Å². The molecule has 2 unspecified atom stereocenters. The molecule has 23 heavy (non-hydrogen) atoms. The van der Waals surface area contributed by atoms with Crippen LogP contribution in [0, 0.1) is 5.92 Å². The van der Waals surface area contributed by atoms with Gasteiger partial charge in [0.1, 0.15) is 4.90 Å². The fourth-order valence-corrected chi connectivity index (χ4v) is 4.50. The number of halogens is 1. The van der Waals surface area contributed by atoms with E-state index in [0.29, 0.717) is 6.54 Å². The van der Waals surface area contributed by atoms with E-state index in [1.165, 1.54) is 12.1 Å². The van der Waals surface area contributed by atoms with Gasteiger partial charge in [-0.05, 0) is 37.4 Å². The highest BCUT2D eigenvalue weighted by molar-refractivity contribution is 7.90. The highest BCUT2D eigenvalue weighted by atomic mass is 35.5. The lowest BCUT2D eigenvalue weighted by molar-refractivity contribution is 0.296. The molecule has 2 rings (SSSR count). The minimum absolute atomic E-state index is 0. The summed E-state index contributed by atoms with van der Waals surface area (Å²) in [5, 5.41) is -0.149. The van der Waals surface area contributed by atoms with Crippen LogP contribution in [0.5, 0.6) is 0 Å². The van der Waals surface area contributed by atoms with Crippen molar-refractivity contribution in [1.29, 1.82) is 0 Å². The predicted octanol–water partition coefficient (Wildman–Crippen LogP) is 0.703. The molecule has 10 heteroatoms. The quantitative estimate of drug-likeness (QED) is 0.772. The zero-order valence-electron chi connectivity index (χ0n) is 12.8. The molecule has 3 N–H and O–H groups in total. The predicted molar refractivity (Wildman–Crippen MR) is 89.7 cm³/mol. The van der Waals surface area contributed by atoms with Crippen LogP contribution in [0.4, 0.5) is 0 Å². The molecular weight excluding hydrogens is 362 g/mol. The molecule has 1 aliphatic rings. The molecule has 1 aromatic heterocycles. The molecule has 1 aromatic rings. The van der Waals surface area contributed by atoms with E-state index in [2.05, 4.69) is 9.71 Å². The van der Waals surface area contributed by atoms with Crippen LogP contribution >= 0.6 is 12.4 Å². The summed E-state index contributed by atoms with van der Waals surface area (Å²) in [6.07, 6.45) is 5.79. The number of nitrogens with zero attached hydrogens (tertiary/aromatic N) is 1. The maximum Gasteiger partial charge on any atom is 0.242 e. The molecule has 0 radical (unpaired) electrons. The van der Waals surface area contributed by atoms with Crippen molar-refractivity contribution in [3.63, 3.8) is 0 Å². The Bertz CT molecular complexity index is 720. The number of hydrogen-bond acceptors (Lipinski definition) is 6. The summed E-state index contributed by atoms with van der Waals surface area (Å²) in [5.74, 6) is 0.131. The first-order valence-corrected chi connectivity index (χ1v) is 10.5. The maximum atomic E-state index is 12.4. The average molecular weight is 384 g/mol. The average Bonchev–Trinajstić information content (AvgIpc) is 2.47. The Morgan fingerprint density at radius 3 is 2.39 bits per heavy atom. The smallest absolute Gasteiger partial charge is 0.242 e. The van der Waals surface area contributed by atoms with Gasteiger partial charge in [-0.1, -0.05) is 12.8 Å². The van der Waals surface area contributed by atoms with Crippen LogP contribution in [0.1, 0.15) is 25.7 Å². The van der Waals surface area contributed by atoms with Crippen LogP contribution in [0.25, 0.3) is 0 Å². The van der Waals surface area contributed by atoms with Crippen LogP contribution in [0.15, 0.2) is 28.3 Å². The van der Waals surface area contributed by atoms with Crippen LogP contribution in [0.2, 0.25) is 0 Å². The summed E-state index contributed by atoms with van der Waals surface area (Å²) in [6.45, 7) is 0.443. The number of hydrogen-bond donors (Lipinski definition) is 2. The third kappa shape index (κ3) is 5.12. The first kappa shape index (κ1) is 20.3. The number of pyridine rings is 1. The van der Waals surface area contributed by atoms with Crippen molar-refractivity contribution in [1.82, 2.24) is 9.71 Å². The number of sulfone groups is 1. The third-order valence-electron chi connectivity index (χ3n) is 3.92. The summed E-state index contributed by atoms with van der Waals surface area (Å²) in [6, 6.07) is 2.27. The van der Waals surface area contributed by atoms with Crippen molar-refractivity contribution in [3.05, 3.63) is 18.3 Å². The molecule has 0 bridgehead atoms. The highest BCUT2D eigenvalue weighted by Crippen LogP contribution is 2.25. The summed E-state index contributed by atoms with van der Waals surface area (Å²) in [5.41, 5.74) is 5.71. The van der Waals surface area contributed by atoms with E-state index in [4.69, 9.17) is 5.73 Å². The molecule has 0 aromatic carbocycles. The van der Waals surface area contributed by atoms with E-state index in [0.717, 1.165) is 38.1 Å². The van der Waals surface area contributed by atoms with Crippen LogP contribution < -0.4 is 10.5 Å². The third-order valence-corrected chi connectivity index (χ3v) is 6.39. The summed E-state index contributed by atoms with van der Waals surface area (Å²) in [7, 11) is -7.18. The molecule has 1 saturated carbocycles. The second kappa shape index (κ2) is 7.89. The highest BCUT2D eigenvalue weighted by Gasteiger charge is 2.28. The molecule has 7 nitrogen and oxygen atoms in total. The first-order chi connectivity index (χ1) is 10.2. The van der Waals surface area contributed by atoms with E-state index in [1.807, 2.05) is 0 Å². The Balaban J connectivity index is 0.00000264. The lowest BCUT2D eigenvalue weighted by Crippen LogP contribution is -2.44. The molecule has 2 atom stereocenters. The largest absolute Gasteiger partial charge is 0.330 e. The van der Waals surface area contributed by atoms with E-state index < -0.39 is 19.9 Å². The number of sulfonamides is 1. The van der Waals surface area contributed by atoms with Crippen LogP contribution in [-0.4, -0.2) is 40.7 Å². The van der Waals surface area contributed by atoms with Gasteiger partial charge in [-0.25, -0.2) is 26.5 Å². The molecular formula is C13H22ClN3O4S2. The van der Waals surface area contributed by atoms with Gasteiger partial charge in [0.2, 0.25) is 10.0 Å². The van der Waals surface area contributed by atoms with Crippen molar-refractivity contribution in [2.24, 2.45) is 11.7 Å². The topological polar surface area (TPSA) is 119 Å². The lowest BCUT2D eigenvalue weighted by Gasteiger charge is -2.30. The Labute approximate surface area is 143 Å². The van der Waals surface area contributed by atoms with E-state index in [-0.39, 0.29) is 34.3 Å². The van der Waals surface area contributed by atoms with Gasteiger partial charge in [0.25, 0.3) is 0 Å². The Morgan fingerprint density at radius 1 is 1.22 bits per heavy atom. The Kier molecular flexibility index (Phi) is 6.96. The zero-order chi connectivity index (χ0) is 16.4. The van der Waals surface area contributed by atoms with Gasteiger partial charge >= 0.3 is 0 Å². The Hall–Kier alpha value is -0.740. The van der Waals surface area contributed by atoms with Crippen molar-refractivity contribution < 1.29 is 16.8 Å². The fourth-order valence-electron chi connectivity index (χ4n) is 2.66. The normalized spacial score (nSPS) is 22.3. The van der Waals surface area contributed by atoms with Gasteiger partial charge in [-0.3, -0.25) is 0 Å².